The van der Waals surface area contributed by atoms with Gasteiger partial charge in [-0.25, -0.2) is 8.42 Å². The summed E-state index contributed by atoms with van der Waals surface area (Å²) in [6, 6.07) is 13.2. The molecular formula is C20H22N2O5S. The maximum atomic E-state index is 13.1. The number of rotatable bonds is 6. The number of furan rings is 1. The third kappa shape index (κ3) is 3.74. The first-order valence-corrected chi connectivity index (χ1v) is 10.1. The molecule has 0 saturated carbocycles. The van der Waals surface area contributed by atoms with Gasteiger partial charge in [0.1, 0.15) is 17.1 Å². The van der Waals surface area contributed by atoms with E-state index in [0.29, 0.717) is 22.8 Å². The number of anilines is 1. The Bertz CT molecular complexity index is 1090. The molecule has 0 bridgehead atoms. The zero-order valence-corrected chi connectivity index (χ0v) is 16.9. The van der Waals surface area contributed by atoms with Gasteiger partial charge in [-0.15, -0.1) is 0 Å². The highest BCUT2D eigenvalue weighted by Gasteiger charge is 2.29. The van der Waals surface area contributed by atoms with Gasteiger partial charge in [0.15, 0.2) is 0 Å². The monoisotopic (exact) mass is 402 g/mol. The zero-order valence-electron chi connectivity index (χ0n) is 16.1. The number of carbonyl (C=O) groups is 1. The number of amides is 1. The molecule has 0 aliphatic carbocycles. The van der Waals surface area contributed by atoms with E-state index in [4.69, 9.17) is 9.15 Å². The van der Waals surface area contributed by atoms with Gasteiger partial charge in [0.2, 0.25) is 15.9 Å². The molecule has 0 unspecified atom stereocenters. The number of benzene rings is 2. The number of para-hydroxylation sites is 1. The van der Waals surface area contributed by atoms with Crippen LogP contribution in [-0.4, -0.2) is 32.8 Å². The van der Waals surface area contributed by atoms with Crippen molar-refractivity contribution in [1.82, 2.24) is 4.31 Å². The predicted molar refractivity (Wildman–Crippen MR) is 107 cm³/mol. The lowest BCUT2D eigenvalue weighted by Gasteiger charge is -2.23. The molecular weight excluding hydrogens is 380 g/mol. The number of carbonyl (C=O) groups excluding carboxylic acids is 1. The molecule has 0 aliphatic rings. The fraction of sp³-hybridized carbons (Fsp3) is 0.250. The predicted octanol–water partition coefficient (Wildman–Crippen LogP) is 3.78. The van der Waals surface area contributed by atoms with Crippen LogP contribution in [0.5, 0.6) is 5.75 Å². The molecule has 0 saturated heterocycles. The van der Waals surface area contributed by atoms with E-state index in [1.54, 1.807) is 6.92 Å². The molecule has 28 heavy (non-hydrogen) atoms. The number of hydrogen-bond acceptors (Lipinski definition) is 5. The molecule has 0 aliphatic heterocycles. The first-order valence-electron chi connectivity index (χ1n) is 8.66. The minimum absolute atomic E-state index is 0.0440. The van der Waals surface area contributed by atoms with Crippen molar-refractivity contribution in [2.45, 2.75) is 24.8 Å². The zero-order chi connectivity index (χ0) is 20.5. The molecule has 3 aromatic rings. The van der Waals surface area contributed by atoms with Crippen molar-refractivity contribution in [3.05, 3.63) is 54.3 Å². The van der Waals surface area contributed by atoms with Crippen LogP contribution in [0.15, 0.2) is 57.8 Å². The van der Waals surface area contributed by atoms with Crippen LogP contribution < -0.4 is 10.1 Å². The van der Waals surface area contributed by atoms with E-state index < -0.39 is 16.1 Å². The second kappa shape index (κ2) is 7.65. The van der Waals surface area contributed by atoms with Crippen molar-refractivity contribution >= 4 is 32.6 Å². The number of fused-ring (bicyclic) bond motifs is 1. The number of ether oxygens (including phenoxy) is 1. The van der Waals surface area contributed by atoms with E-state index in [0.717, 1.165) is 5.39 Å². The third-order valence-corrected chi connectivity index (χ3v) is 6.48. The Morgan fingerprint density at radius 2 is 1.89 bits per heavy atom. The van der Waals surface area contributed by atoms with E-state index in [1.165, 1.54) is 43.6 Å². The van der Waals surface area contributed by atoms with Crippen LogP contribution in [0.3, 0.4) is 0 Å². The van der Waals surface area contributed by atoms with Crippen LogP contribution in [0, 0.1) is 0 Å². The molecule has 1 aromatic heterocycles. The minimum atomic E-state index is -3.84. The molecule has 7 nitrogen and oxygen atoms in total. The first-order chi connectivity index (χ1) is 13.2. The molecule has 0 fully saturated rings. The van der Waals surface area contributed by atoms with E-state index in [-0.39, 0.29) is 10.8 Å². The van der Waals surface area contributed by atoms with Crippen molar-refractivity contribution in [1.29, 1.82) is 0 Å². The summed E-state index contributed by atoms with van der Waals surface area (Å²) in [6.07, 6.45) is 0. The second-order valence-corrected chi connectivity index (χ2v) is 8.42. The highest BCUT2D eigenvalue weighted by Crippen LogP contribution is 2.33. The largest absolute Gasteiger partial charge is 0.495 e. The van der Waals surface area contributed by atoms with Crippen LogP contribution in [-0.2, 0) is 14.8 Å². The van der Waals surface area contributed by atoms with Gasteiger partial charge in [-0.3, -0.25) is 4.79 Å². The van der Waals surface area contributed by atoms with Crippen molar-refractivity contribution in [3.63, 3.8) is 0 Å². The highest BCUT2D eigenvalue weighted by atomic mass is 32.2. The highest BCUT2D eigenvalue weighted by molar-refractivity contribution is 7.89. The Morgan fingerprint density at radius 3 is 2.54 bits per heavy atom. The number of nitrogens with zero attached hydrogens (tertiary/aromatic N) is 1. The van der Waals surface area contributed by atoms with Crippen LogP contribution in [0.1, 0.15) is 25.6 Å². The lowest BCUT2D eigenvalue weighted by molar-refractivity contribution is -0.114. The average molecular weight is 402 g/mol. The molecule has 3 rings (SSSR count). The molecule has 1 amide bonds. The SMILES string of the molecule is COc1ccc(S(=O)(=O)N(C)[C@@H](C)c2cc3ccccc3o2)cc1NC(C)=O. The Morgan fingerprint density at radius 1 is 1.18 bits per heavy atom. The van der Waals surface area contributed by atoms with E-state index in [9.17, 15) is 13.2 Å². The number of sulfonamides is 1. The number of nitrogens with one attached hydrogen (secondary N) is 1. The summed E-state index contributed by atoms with van der Waals surface area (Å²) < 4.78 is 38.5. The van der Waals surface area contributed by atoms with Crippen LogP contribution in [0.25, 0.3) is 11.0 Å². The molecule has 1 atom stereocenters. The van der Waals surface area contributed by atoms with Gasteiger partial charge in [0.05, 0.1) is 23.7 Å². The van der Waals surface area contributed by atoms with E-state index in [1.807, 2.05) is 30.3 Å². The lowest BCUT2D eigenvalue weighted by atomic mass is 10.2. The number of hydrogen-bond donors (Lipinski definition) is 1. The van der Waals surface area contributed by atoms with Gasteiger partial charge in [0, 0.05) is 19.4 Å². The van der Waals surface area contributed by atoms with Gasteiger partial charge in [-0.2, -0.15) is 4.31 Å². The summed E-state index contributed by atoms with van der Waals surface area (Å²) in [5.74, 6) is 0.599. The average Bonchev–Trinajstić information content (AvgIpc) is 3.10. The second-order valence-electron chi connectivity index (χ2n) is 6.43. The Labute approximate surface area is 163 Å². The standard InChI is InChI=1S/C20H22N2O5S/c1-13(20-11-15-7-5-6-8-18(15)27-20)22(3)28(24,25)16-9-10-19(26-4)17(12-16)21-14(2)23/h5-13H,1-4H3,(H,21,23)/t13-/m0/s1. The molecule has 1 heterocycles. The third-order valence-electron chi connectivity index (χ3n) is 4.56. The first kappa shape index (κ1) is 19.9. The van der Waals surface area contributed by atoms with Crippen LogP contribution in [0.4, 0.5) is 5.69 Å². The Hall–Kier alpha value is -2.84. The van der Waals surface area contributed by atoms with Gasteiger partial charge in [0.25, 0.3) is 0 Å². The van der Waals surface area contributed by atoms with Crippen LogP contribution in [0.2, 0.25) is 0 Å². The van der Waals surface area contributed by atoms with Gasteiger partial charge in [-0.1, -0.05) is 18.2 Å². The molecule has 0 radical (unpaired) electrons. The Balaban J connectivity index is 1.95. The summed E-state index contributed by atoms with van der Waals surface area (Å²) in [6.45, 7) is 3.10. The summed E-state index contributed by atoms with van der Waals surface area (Å²) in [7, 11) is -0.896. The molecule has 0 spiro atoms. The molecule has 1 N–H and O–H groups in total. The maximum absolute atomic E-state index is 13.1. The lowest BCUT2D eigenvalue weighted by Crippen LogP contribution is -2.29. The van der Waals surface area contributed by atoms with Gasteiger partial charge in [-0.05, 0) is 37.3 Å². The minimum Gasteiger partial charge on any atom is -0.495 e. The normalized spacial score (nSPS) is 12.9. The summed E-state index contributed by atoms with van der Waals surface area (Å²) in [5, 5.41) is 3.50. The van der Waals surface area contributed by atoms with Crippen molar-refractivity contribution in [3.8, 4) is 5.75 Å². The molecule has 148 valence electrons. The molecule has 2 aromatic carbocycles. The fourth-order valence-electron chi connectivity index (χ4n) is 2.90. The van der Waals surface area contributed by atoms with E-state index >= 15 is 0 Å². The van der Waals surface area contributed by atoms with Crippen molar-refractivity contribution < 1.29 is 22.4 Å². The summed E-state index contributed by atoms with van der Waals surface area (Å²) >= 11 is 0. The summed E-state index contributed by atoms with van der Waals surface area (Å²) in [4.78, 5) is 11.5. The van der Waals surface area contributed by atoms with Gasteiger partial charge < -0.3 is 14.5 Å². The maximum Gasteiger partial charge on any atom is 0.243 e. The van der Waals surface area contributed by atoms with Crippen molar-refractivity contribution in [2.75, 3.05) is 19.5 Å². The topological polar surface area (TPSA) is 88.8 Å². The smallest absolute Gasteiger partial charge is 0.243 e. The van der Waals surface area contributed by atoms with Gasteiger partial charge >= 0.3 is 0 Å². The Kier molecular flexibility index (Phi) is 5.44. The summed E-state index contributed by atoms with van der Waals surface area (Å²) in [5.41, 5.74) is 0.994. The number of methoxy groups -OCH3 is 1. The fourth-order valence-corrected chi connectivity index (χ4v) is 4.26. The van der Waals surface area contributed by atoms with Crippen molar-refractivity contribution in [2.24, 2.45) is 0 Å². The molecule has 8 heteroatoms. The quantitative estimate of drug-likeness (QED) is 0.678. The van der Waals surface area contributed by atoms with Crippen LogP contribution >= 0.6 is 0 Å². The van der Waals surface area contributed by atoms with E-state index in [2.05, 4.69) is 5.32 Å².